The number of nitrogens with zero attached hydrogens (tertiary/aromatic N) is 2. The van der Waals surface area contributed by atoms with E-state index in [0.29, 0.717) is 0 Å². The van der Waals surface area contributed by atoms with Crippen LogP contribution >= 0.6 is 11.3 Å². The minimum Gasteiger partial charge on any atom is -0.497 e. The van der Waals surface area contributed by atoms with Crippen LogP contribution in [0.2, 0.25) is 0 Å². The zero-order valence-corrected chi connectivity index (χ0v) is 24.5. The van der Waals surface area contributed by atoms with E-state index < -0.39 is 0 Å². The smallest absolute Gasteiger partial charge is 0.120 e. The van der Waals surface area contributed by atoms with Crippen LogP contribution in [0.4, 0.5) is 0 Å². The minimum atomic E-state index is 0.928. The Bertz CT molecular complexity index is 1390. The summed E-state index contributed by atoms with van der Waals surface area (Å²) in [5, 5.41) is 1.35. The van der Waals surface area contributed by atoms with Crippen molar-refractivity contribution in [3.05, 3.63) is 88.5 Å². The predicted octanol–water partition coefficient (Wildman–Crippen LogP) is 7.75. The molecule has 39 heavy (non-hydrogen) atoms. The summed E-state index contributed by atoms with van der Waals surface area (Å²) in [7, 11) is 1.76. The van der Waals surface area contributed by atoms with E-state index in [1.807, 2.05) is 11.3 Å². The molecule has 0 radical (unpaired) electrons. The van der Waals surface area contributed by atoms with Gasteiger partial charge in [-0.05, 0) is 135 Å². The maximum Gasteiger partial charge on any atom is 0.120 e. The average molecular weight is 539 g/mol. The molecule has 1 aromatic heterocycles. The van der Waals surface area contributed by atoms with Gasteiger partial charge in [-0.1, -0.05) is 42.5 Å². The van der Waals surface area contributed by atoms with Gasteiger partial charge in [0, 0.05) is 22.7 Å². The molecule has 3 aromatic carbocycles. The summed E-state index contributed by atoms with van der Waals surface area (Å²) in [5.74, 6) is 0.928. The van der Waals surface area contributed by atoms with Crippen LogP contribution in [0, 0.1) is 6.92 Å². The second-order valence-corrected chi connectivity index (χ2v) is 12.6. The maximum atomic E-state index is 5.57. The molecule has 3 nitrogen and oxygen atoms in total. The number of likely N-dealkylation sites (tertiary alicyclic amines) is 2. The molecule has 6 rings (SSSR count). The molecule has 0 N–H and O–H groups in total. The third-order valence-corrected chi connectivity index (χ3v) is 10.1. The van der Waals surface area contributed by atoms with Crippen LogP contribution in [0.25, 0.3) is 20.5 Å². The standard InChI is InChI=1S/C35H42N2OS/c1-26-23-28(9-10-29(26)16-22-37-19-5-6-20-37)24-33-32-14-13-31(38-2)25-34(32)39-35(33)30-11-7-27(8-12-30)15-21-36-17-3-4-18-36/h7-14,23,25H,3-6,15-22,24H2,1-2H3. The van der Waals surface area contributed by atoms with Crippen molar-refractivity contribution in [1.82, 2.24) is 9.80 Å². The van der Waals surface area contributed by atoms with Gasteiger partial charge in [-0.25, -0.2) is 0 Å². The van der Waals surface area contributed by atoms with Gasteiger partial charge in [-0.2, -0.15) is 0 Å². The summed E-state index contributed by atoms with van der Waals surface area (Å²) in [6.45, 7) is 9.75. The fourth-order valence-electron chi connectivity index (χ4n) is 6.42. The highest BCUT2D eigenvalue weighted by Crippen LogP contribution is 2.41. The highest BCUT2D eigenvalue weighted by Gasteiger charge is 2.17. The van der Waals surface area contributed by atoms with E-state index >= 15 is 0 Å². The van der Waals surface area contributed by atoms with Crippen molar-refractivity contribution in [2.24, 2.45) is 0 Å². The number of hydrogen-bond donors (Lipinski definition) is 0. The van der Waals surface area contributed by atoms with Gasteiger partial charge in [0.05, 0.1) is 7.11 Å². The first-order chi connectivity index (χ1) is 19.2. The SMILES string of the molecule is COc1ccc2c(Cc3ccc(CCN4CCCC4)c(C)c3)c(-c3ccc(CCN4CCCC4)cc3)sc2c1. The topological polar surface area (TPSA) is 15.7 Å². The first kappa shape index (κ1) is 26.6. The first-order valence-electron chi connectivity index (χ1n) is 14.9. The van der Waals surface area contributed by atoms with E-state index in [4.69, 9.17) is 4.74 Å². The van der Waals surface area contributed by atoms with Crippen molar-refractivity contribution in [3.63, 3.8) is 0 Å². The summed E-state index contributed by atoms with van der Waals surface area (Å²) < 4.78 is 6.87. The normalized spacial score (nSPS) is 16.5. The molecule has 2 aliphatic heterocycles. The molecule has 4 heteroatoms. The summed E-state index contributed by atoms with van der Waals surface area (Å²) in [6, 6.07) is 23.1. The van der Waals surface area contributed by atoms with E-state index in [1.165, 1.54) is 113 Å². The summed E-state index contributed by atoms with van der Waals surface area (Å²) in [6.07, 6.45) is 8.69. The molecule has 2 aliphatic rings. The second kappa shape index (κ2) is 12.2. The Kier molecular flexibility index (Phi) is 8.34. The lowest BCUT2D eigenvalue weighted by molar-refractivity contribution is 0.343. The van der Waals surface area contributed by atoms with E-state index in [-0.39, 0.29) is 0 Å². The quantitative estimate of drug-likeness (QED) is 0.205. The van der Waals surface area contributed by atoms with Crippen LogP contribution in [-0.2, 0) is 19.3 Å². The lowest BCUT2D eigenvalue weighted by atomic mass is 9.95. The third-order valence-electron chi connectivity index (χ3n) is 8.82. The lowest BCUT2D eigenvalue weighted by Gasteiger charge is -2.16. The molecule has 0 aliphatic carbocycles. The van der Waals surface area contributed by atoms with Crippen LogP contribution in [0.3, 0.4) is 0 Å². The maximum absolute atomic E-state index is 5.57. The van der Waals surface area contributed by atoms with Crippen LogP contribution in [0.5, 0.6) is 5.75 Å². The third kappa shape index (κ3) is 6.24. The highest BCUT2D eigenvalue weighted by molar-refractivity contribution is 7.22. The molecule has 2 fully saturated rings. The Balaban J connectivity index is 1.24. The van der Waals surface area contributed by atoms with Gasteiger partial charge in [0.1, 0.15) is 5.75 Å². The molecular formula is C35H42N2OS. The Morgan fingerprint density at radius 1 is 0.744 bits per heavy atom. The van der Waals surface area contributed by atoms with Crippen LogP contribution in [0.15, 0.2) is 60.7 Å². The summed E-state index contributed by atoms with van der Waals surface area (Å²) >= 11 is 1.90. The van der Waals surface area contributed by atoms with Crippen molar-refractivity contribution >= 4 is 21.4 Å². The van der Waals surface area contributed by atoms with Crippen LogP contribution in [-0.4, -0.2) is 56.2 Å². The Morgan fingerprint density at radius 2 is 1.41 bits per heavy atom. The zero-order chi connectivity index (χ0) is 26.6. The lowest BCUT2D eigenvalue weighted by Crippen LogP contribution is -2.22. The van der Waals surface area contributed by atoms with Gasteiger partial charge in [0.2, 0.25) is 0 Å². The van der Waals surface area contributed by atoms with Gasteiger partial charge in [0.15, 0.2) is 0 Å². The van der Waals surface area contributed by atoms with Gasteiger partial charge in [0.25, 0.3) is 0 Å². The summed E-state index contributed by atoms with van der Waals surface area (Å²) in [4.78, 5) is 6.61. The van der Waals surface area contributed by atoms with Crippen LogP contribution < -0.4 is 4.74 Å². The highest BCUT2D eigenvalue weighted by atomic mass is 32.1. The number of rotatable bonds is 10. The van der Waals surface area contributed by atoms with Crippen LogP contribution in [0.1, 0.15) is 53.5 Å². The van der Waals surface area contributed by atoms with Crippen molar-refractivity contribution in [1.29, 1.82) is 0 Å². The fourth-order valence-corrected chi connectivity index (χ4v) is 7.67. The average Bonchev–Trinajstić information content (AvgIpc) is 3.74. The molecule has 4 aromatic rings. The summed E-state index contributed by atoms with van der Waals surface area (Å²) in [5.41, 5.74) is 8.53. The molecule has 0 amide bonds. The van der Waals surface area contributed by atoms with E-state index in [0.717, 1.165) is 25.0 Å². The van der Waals surface area contributed by atoms with Crippen molar-refractivity contribution in [2.45, 2.75) is 51.9 Å². The van der Waals surface area contributed by atoms with Crippen molar-refractivity contribution < 1.29 is 4.74 Å². The molecule has 0 atom stereocenters. The molecule has 0 bridgehead atoms. The Morgan fingerprint density at radius 3 is 2.08 bits per heavy atom. The molecule has 0 spiro atoms. The number of ether oxygens (including phenoxy) is 1. The van der Waals surface area contributed by atoms with E-state index in [1.54, 1.807) is 7.11 Å². The number of fused-ring (bicyclic) bond motifs is 1. The van der Waals surface area contributed by atoms with Gasteiger partial charge in [-0.15, -0.1) is 11.3 Å². The van der Waals surface area contributed by atoms with Crippen molar-refractivity contribution in [3.8, 4) is 16.2 Å². The number of methoxy groups -OCH3 is 1. The molecule has 0 saturated carbocycles. The Hall–Kier alpha value is -2.66. The minimum absolute atomic E-state index is 0.928. The second-order valence-electron chi connectivity index (χ2n) is 11.5. The molecule has 3 heterocycles. The van der Waals surface area contributed by atoms with Crippen molar-refractivity contribution in [2.75, 3.05) is 46.4 Å². The Labute approximate surface area is 238 Å². The molecule has 204 valence electrons. The molecule has 0 unspecified atom stereocenters. The first-order valence-corrected chi connectivity index (χ1v) is 15.7. The zero-order valence-electron chi connectivity index (χ0n) is 23.7. The van der Waals surface area contributed by atoms with E-state index in [9.17, 15) is 0 Å². The fraction of sp³-hybridized carbons (Fsp3) is 0.429. The number of hydrogen-bond acceptors (Lipinski definition) is 4. The monoisotopic (exact) mass is 538 g/mol. The molecular weight excluding hydrogens is 496 g/mol. The number of benzene rings is 3. The van der Waals surface area contributed by atoms with Gasteiger partial charge < -0.3 is 14.5 Å². The largest absolute Gasteiger partial charge is 0.497 e. The van der Waals surface area contributed by atoms with Gasteiger partial charge in [-0.3, -0.25) is 0 Å². The molecule has 2 saturated heterocycles. The number of thiophene rings is 1. The van der Waals surface area contributed by atoms with E-state index in [2.05, 4.69) is 77.4 Å². The van der Waals surface area contributed by atoms with Gasteiger partial charge >= 0.3 is 0 Å². The predicted molar refractivity (Wildman–Crippen MR) is 167 cm³/mol. The number of aryl methyl sites for hydroxylation is 1.